The number of aromatic nitrogens is 1. The standard InChI is InChI=1S/C16H10N2OS/c17-10-11-9-16(18-15-4-2-1-3-14(11)15)20-13-7-5-12(19)6-8-13/h1-9,19H. The smallest absolute Gasteiger partial charge is 0.115 e. The highest BCUT2D eigenvalue weighted by Gasteiger charge is 2.06. The lowest BCUT2D eigenvalue weighted by atomic mass is 10.1. The number of hydrogen-bond donors (Lipinski definition) is 1. The lowest BCUT2D eigenvalue weighted by Crippen LogP contribution is -1.87. The van der Waals surface area contributed by atoms with Gasteiger partial charge in [-0.15, -0.1) is 0 Å². The van der Waals surface area contributed by atoms with Crippen LogP contribution >= 0.6 is 11.8 Å². The molecular weight excluding hydrogens is 268 g/mol. The van der Waals surface area contributed by atoms with Crippen LogP contribution in [-0.2, 0) is 0 Å². The number of pyridine rings is 1. The predicted octanol–water partition coefficient (Wildman–Crippen LogP) is 3.96. The van der Waals surface area contributed by atoms with Crippen LogP contribution < -0.4 is 0 Å². The molecule has 0 aliphatic heterocycles. The van der Waals surface area contributed by atoms with Gasteiger partial charge in [0.25, 0.3) is 0 Å². The van der Waals surface area contributed by atoms with Gasteiger partial charge in [0.05, 0.1) is 17.1 Å². The molecule has 3 rings (SSSR count). The van der Waals surface area contributed by atoms with Gasteiger partial charge in [-0.3, -0.25) is 0 Å². The first-order valence-electron chi connectivity index (χ1n) is 6.03. The van der Waals surface area contributed by atoms with Gasteiger partial charge in [-0.2, -0.15) is 5.26 Å². The van der Waals surface area contributed by atoms with E-state index in [4.69, 9.17) is 0 Å². The van der Waals surface area contributed by atoms with E-state index in [0.717, 1.165) is 20.8 Å². The van der Waals surface area contributed by atoms with E-state index < -0.39 is 0 Å². The van der Waals surface area contributed by atoms with E-state index in [1.54, 1.807) is 18.2 Å². The minimum Gasteiger partial charge on any atom is -0.508 e. The molecule has 0 saturated heterocycles. The van der Waals surface area contributed by atoms with E-state index >= 15 is 0 Å². The summed E-state index contributed by atoms with van der Waals surface area (Å²) in [4.78, 5) is 5.52. The lowest BCUT2D eigenvalue weighted by molar-refractivity contribution is 0.475. The van der Waals surface area contributed by atoms with E-state index in [-0.39, 0.29) is 5.75 Å². The van der Waals surface area contributed by atoms with Crippen molar-refractivity contribution in [2.24, 2.45) is 0 Å². The van der Waals surface area contributed by atoms with Crippen molar-refractivity contribution >= 4 is 22.7 Å². The summed E-state index contributed by atoms with van der Waals surface area (Å²) >= 11 is 1.47. The lowest BCUT2D eigenvalue weighted by Gasteiger charge is -2.05. The largest absolute Gasteiger partial charge is 0.508 e. The maximum atomic E-state index is 9.28. The van der Waals surface area contributed by atoms with Crippen molar-refractivity contribution in [2.75, 3.05) is 0 Å². The zero-order valence-electron chi connectivity index (χ0n) is 10.4. The van der Waals surface area contributed by atoms with Crippen LogP contribution in [0.1, 0.15) is 5.56 Å². The average Bonchev–Trinajstić information content (AvgIpc) is 2.49. The number of phenolic OH excluding ortho intramolecular Hbond substituents is 1. The molecule has 0 spiro atoms. The Bertz CT molecular complexity index is 807. The van der Waals surface area contributed by atoms with Crippen molar-refractivity contribution in [3.8, 4) is 11.8 Å². The summed E-state index contributed by atoms with van der Waals surface area (Å²) in [5.41, 5.74) is 1.43. The molecule has 4 heteroatoms. The van der Waals surface area contributed by atoms with Gasteiger partial charge < -0.3 is 5.11 Å². The molecule has 0 aliphatic carbocycles. The van der Waals surface area contributed by atoms with Gasteiger partial charge in [-0.25, -0.2) is 4.98 Å². The molecule has 0 bridgehead atoms. The van der Waals surface area contributed by atoms with E-state index in [2.05, 4.69) is 11.1 Å². The van der Waals surface area contributed by atoms with Gasteiger partial charge in [-0.05, 0) is 36.4 Å². The van der Waals surface area contributed by atoms with Crippen molar-refractivity contribution in [3.63, 3.8) is 0 Å². The average molecular weight is 278 g/mol. The van der Waals surface area contributed by atoms with Crippen molar-refractivity contribution in [2.45, 2.75) is 9.92 Å². The number of benzene rings is 2. The van der Waals surface area contributed by atoms with Gasteiger partial charge in [0, 0.05) is 10.3 Å². The molecule has 20 heavy (non-hydrogen) atoms. The van der Waals surface area contributed by atoms with Crippen LogP contribution in [0.3, 0.4) is 0 Å². The minimum atomic E-state index is 0.235. The molecule has 2 aromatic carbocycles. The Balaban J connectivity index is 2.04. The molecule has 0 amide bonds. The van der Waals surface area contributed by atoms with Crippen LogP contribution in [0.2, 0.25) is 0 Å². The predicted molar refractivity (Wildman–Crippen MR) is 78.7 cm³/mol. The van der Waals surface area contributed by atoms with Gasteiger partial charge in [0.15, 0.2) is 0 Å². The van der Waals surface area contributed by atoms with Crippen molar-refractivity contribution in [1.82, 2.24) is 4.98 Å². The fraction of sp³-hybridized carbons (Fsp3) is 0. The van der Waals surface area contributed by atoms with Crippen LogP contribution in [-0.4, -0.2) is 10.1 Å². The second kappa shape index (κ2) is 5.24. The molecule has 1 heterocycles. The summed E-state index contributed by atoms with van der Waals surface area (Å²) in [6.45, 7) is 0. The summed E-state index contributed by atoms with van der Waals surface area (Å²) in [6, 6.07) is 18.5. The minimum absolute atomic E-state index is 0.235. The molecule has 0 aliphatic rings. The second-order valence-electron chi connectivity index (χ2n) is 4.23. The Morgan fingerprint density at radius 2 is 1.80 bits per heavy atom. The number of phenols is 1. The third kappa shape index (κ3) is 2.44. The number of nitrogens with zero attached hydrogens (tertiary/aromatic N) is 2. The fourth-order valence-electron chi connectivity index (χ4n) is 1.93. The molecule has 96 valence electrons. The van der Waals surface area contributed by atoms with Gasteiger partial charge in [0.1, 0.15) is 10.8 Å². The molecule has 0 fully saturated rings. The molecule has 0 unspecified atom stereocenters. The van der Waals surface area contributed by atoms with E-state index in [0.29, 0.717) is 5.56 Å². The molecule has 0 saturated carbocycles. The molecule has 1 N–H and O–H groups in total. The maximum Gasteiger partial charge on any atom is 0.115 e. The van der Waals surface area contributed by atoms with Crippen molar-refractivity contribution in [1.29, 1.82) is 5.26 Å². The second-order valence-corrected chi connectivity index (χ2v) is 5.33. The number of hydrogen-bond acceptors (Lipinski definition) is 4. The normalized spacial score (nSPS) is 10.3. The Kier molecular flexibility index (Phi) is 3.28. The Morgan fingerprint density at radius 3 is 2.55 bits per heavy atom. The Morgan fingerprint density at radius 1 is 1.05 bits per heavy atom. The third-order valence-corrected chi connectivity index (χ3v) is 3.80. The number of fused-ring (bicyclic) bond motifs is 1. The first-order valence-corrected chi connectivity index (χ1v) is 6.85. The highest BCUT2D eigenvalue weighted by atomic mass is 32.2. The van der Waals surface area contributed by atoms with Gasteiger partial charge in [0.2, 0.25) is 0 Å². The van der Waals surface area contributed by atoms with Crippen molar-refractivity contribution in [3.05, 3.63) is 60.2 Å². The Hall–Kier alpha value is -2.51. The summed E-state index contributed by atoms with van der Waals surface area (Å²) in [6.07, 6.45) is 0. The van der Waals surface area contributed by atoms with Crippen molar-refractivity contribution < 1.29 is 5.11 Å². The molecule has 0 radical (unpaired) electrons. The number of aromatic hydroxyl groups is 1. The molecule has 3 nitrogen and oxygen atoms in total. The van der Waals surface area contributed by atoms with Crippen LogP contribution in [0.25, 0.3) is 10.9 Å². The summed E-state index contributed by atoms with van der Waals surface area (Å²) in [7, 11) is 0. The topological polar surface area (TPSA) is 56.9 Å². The third-order valence-electron chi connectivity index (χ3n) is 2.87. The molecular formula is C16H10N2OS. The van der Waals surface area contributed by atoms with Crippen LogP contribution in [0.15, 0.2) is 64.5 Å². The molecule has 1 aromatic heterocycles. The van der Waals surface area contributed by atoms with Crippen LogP contribution in [0.5, 0.6) is 5.75 Å². The fourth-order valence-corrected chi connectivity index (χ4v) is 2.77. The number of para-hydroxylation sites is 1. The van der Waals surface area contributed by atoms with Crippen LogP contribution in [0, 0.1) is 11.3 Å². The quantitative estimate of drug-likeness (QED) is 0.770. The van der Waals surface area contributed by atoms with E-state index in [1.165, 1.54) is 11.8 Å². The highest BCUT2D eigenvalue weighted by Crippen LogP contribution is 2.30. The van der Waals surface area contributed by atoms with E-state index in [1.807, 2.05) is 36.4 Å². The van der Waals surface area contributed by atoms with Gasteiger partial charge in [-0.1, -0.05) is 30.0 Å². The Labute approximate surface area is 120 Å². The van der Waals surface area contributed by atoms with Crippen LogP contribution in [0.4, 0.5) is 0 Å². The first-order chi connectivity index (χ1) is 9.76. The zero-order chi connectivity index (χ0) is 13.9. The zero-order valence-corrected chi connectivity index (χ0v) is 11.3. The SMILES string of the molecule is N#Cc1cc(Sc2ccc(O)cc2)nc2ccccc12. The molecule has 0 atom stereocenters. The number of rotatable bonds is 2. The maximum absolute atomic E-state index is 9.28. The summed E-state index contributed by atoms with van der Waals surface area (Å²) in [5, 5.41) is 20.2. The first kappa shape index (κ1) is 12.5. The number of nitriles is 1. The summed E-state index contributed by atoms with van der Waals surface area (Å²) in [5.74, 6) is 0.235. The highest BCUT2D eigenvalue weighted by molar-refractivity contribution is 7.99. The molecule has 3 aromatic rings. The monoisotopic (exact) mass is 278 g/mol. The van der Waals surface area contributed by atoms with Gasteiger partial charge >= 0.3 is 0 Å². The van der Waals surface area contributed by atoms with E-state index in [9.17, 15) is 10.4 Å². The summed E-state index contributed by atoms with van der Waals surface area (Å²) < 4.78 is 0.